The van der Waals surface area contributed by atoms with Crippen molar-refractivity contribution >= 4 is 5.91 Å². The number of hydrogen-bond donors (Lipinski definition) is 1. The number of carbonyl (C=O) groups is 1. The second-order valence-electron chi connectivity index (χ2n) is 1.60. The zero-order chi connectivity index (χ0) is 6.41. The SMILES string of the molecule is [CH2-]CNC(=O)CCC.[Y]. The molecular formula is C6H12NOY-. The fraction of sp³-hybridized carbons (Fsp3) is 0.667. The van der Waals surface area contributed by atoms with Crippen LogP contribution < -0.4 is 5.32 Å². The monoisotopic (exact) mass is 203 g/mol. The van der Waals surface area contributed by atoms with Crippen LogP contribution in [0.1, 0.15) is 19.8 Å². The normalized spacial score (nSPS) is 7.78. The van der Waals surface area contributed by atoms with Crippen LogP contribution in [0.25, 0.3) is 0 Å². The molecule has 1 N–H and O–H groups in total. The van der Waals surface area contributed by atoms with Crippen molar-refractivity contribution in [1.82, 2.24) is 5.32 Å². The van der Waals surface area contributed by atoms with Gasteiger partial charge in [0.15, 0.2) is 0 Å². The summed E-state index contributed by atoms with van der Waals surface area (Å²) in [7, 11) is 0. The van der Waals surface area contributed by atoms with Crippen LogP contribution in [0.15, 0.2) is 0 Å². The molecule has 2 nitrogen and oxygen atoms in total. The van der Waals surface area contributed by atoms with Crippen LogP contribution in [0.4, 0.5) is 0 Å². The summed E-state index contributed by atoms with van der Waals surface area (Å²) in [6.45, 7) is 5.95. The van der Waals surface area contributed by atoms with Gasteiger partial charge in [-0.15, -0.1) is 6.54 Å². The van der Waals surface area contributed by atoms with E-state index in [1.807, 2.05) is 6.92 Å². The van der Waals surface area contributed by atoms with E-state index in [4.69, 9.17) is 0 Å². The molecule has 0 aromatic heterocycles. The van der Waals surface area contributed by atoms with Crippen molar-refractivity contribution < 1.29 is 37.5 Å². The maximum atomic E-state index is 10.5. The summed E-state index contributed by atoms with van der Waals surface area (Å²) in [6.07, 6.45) is 1.53. The smallest absolute Gasteiger partial charge is 0.217 e. The Morgan fingerprint density at radius 1 is 1.67 bits per heavy atom. The second-order valence-corrected chi connectivity index (χ2v) is 1.60. The zero-order valence-electron chi connectivity index (χ0n) is 5.81. The molecule has 9 heavy (non-hydrogen) atoms. The molecule has 0 aliphatic carbocycles. The van der Waals surface area contributed by atoms with Crippen LogP contribution in [0.5, 0.6) is 0 Å². The maximum absolute atomic E-state index is 10.5. The van der Waals surface area contributed by atoms with E-state index in [1.165, 1.54) is 0 Å². The van der Waals surface area contributed by atoms with Crippen molar-refractivity contribution in [1.29, 1.82) is 0 Å². The topological polar surface area (TPSA) is 29.1 Å². The van der Waals surface area contributed by atoms with Gasteiger partial charge in [0.05, 0.1) is 0 Å². The molecule has 0 bridgehead atoms. The molecule has 0 atom stereocenters. The van der Waals surface area contributed by atoms with Crippen LogP contribution in [0.3, 0.4) is 0 Å². The first-order valence-electron chi connectivity index (χ1n) is 2.87. The molecule has 0 spiro atoms. The molecule has 0 aliphatic rings. The summed E-state index contributed by atoms with van der Waals surface area (Å²) in [5.74, 6) is 0.0995. The number of amides is 1. The van der Waals surface area contributed by atoms with Gasteiger partial charge in [-0.3, -0.25) is 4.79 Å². The molecule has 0 saturated heterocycles. The van der Waals surface area contributed by atoms with Gasteiger partial charge in [-0.2, -0.15) is 0 Å². The summed E-state index contributed by atoms with van der Waals surface area (Å²) in [5, 5.41) is 2.60. The minimum atomic E-state index is 0. The molecule has 0 rings (SSSR count). The van der Waals surface area contributed by atoms with Gasteiger partial charge in [-0.25, -0.2) is 0 Å². The zero-order valence-corrected chi connectivity index (χ0v) is 8.65. The molecule has 0 fully saturated rings. The largest absolute Gasteiger partial charge is 0.386 e. The molecule has 0 aromatic carbocycles. The van der Waals surface area contributed by atoms with E-state index in [2.05, 4.69) is 12.2 Å². The molecule has 1 radical (unpaired) electrons. The van der Waals surface area contributed by atoms with Crippen molar-refractivity contribution in [2.45, 2.75) is 19.8 Å². The molecular weight excluding hydrogens is 191 g/mol. The fourth-order valence-electron chi connectivity index (χ4n) is 0.455. The average molecular weight is 203 g/mol. The third-order valence-corrected chi connectivity index (χ3v) is 0.799. The van der Waals surface area contributed by atoms with Gasteiger partial charge in [0.25, 0.3) is 0 Å². The van der Waals surface area contributed by atoms with Crippen molar-refractivity contribution in [2.75, 3.05) is 6.54 Å². The van der Waals surface area contributed by atoms with Gasteiger partial charge >= 0.3 is 0 Å². The Kier molecular flexibility index (Phi) is 11.7. The summed E-state index contributed by atoms with van der Waals surface area (Å²) in [4.78, 5) is 10.5. The second kappa shape index (κ2) is 8.57. The van der Waals surface area contributed by atoms with E-state index in [0.717, 1.165) is 6.42 Å². The Balaban J connectivity index is 0. The van der Waals surface area contributed by atoms with Crippen LogP contribution >= 0.6 is 0 Å². The van der Waals surface area contributed by atoms with Crippen LogP contribution in [0, 0.1) is 6.92 Å². The first kappa shape index (κ1) is 12.3. The van der Waals surface area contributed by atoms with Gasteiger partial charge in [-0.05, 0) is 6.42 Å². The number of carbonyl (C=O) groups excluding carboxylic acids is 1. The molecule has 0 saturated carbocycles. The van der Waals surface area contributed by atoms with Gasteiger partial charge in [0.1, 0.15) is 0 Å². The minimum absolute atomic E-state index is 0. The standard InChI is InChI=1S/C6H12NO.Y/c1-3-5-6(8)7-4-2;/h2-5H2,1H3,(H,7,8);/q-1;. The fourth-order valence-corrected chi connectivity index (χ4v) is 0.455. The first-order chi connectivity index (χ1) is 3.81. The number of rotatable bonds is 3. The molecule has 51 valence electrons. The van der Waals surface area contributed by atoms with Crippen molar-refractivity contribution in [3.63, 3.8) is 0 Å². The van der Waals surface area contributed by atoms with E-state index >= 15 is 0 Å². The maximum Gasteiger partial charge on any atom is 0.217 e. The summed E-state index contributed by atoms with van der Waals surface area (Å²) in [6, 6.07) is 0. The van der Waals surface area contributed by atoms with Gasteiger partial charge < -0.3 is 12.2 Å². The van der Waals surface area contributed by atoms with Gasteiger partial charge in [0, 0.05) is 39.1 Å². The third kappa shape index (κ3) is 8.57. The minimum Gasteiger partial charge on any atom is -0.386 e. The van der Waals surface area contributed by atoms with Crippen LogP contribution in [-0.2, 0) is 37.5 Å². The van der Waals surface area contributed by atoms with E-state index < -0.39 is 0 Å². The van der Waals surface area contributed by atoms with Crippen molar-refractivity contribution in [3.8, 4) is 0 Å². The number of nitrogens with one attached hydrogen (secondary N) is 1. The molecule has 3 heteroatoms. The predicted octanol–water partition coefficient (Wildman–Crippen LogP) is 0.734. The Labute approximate surface area is 81.7 Å². The van der Waals surface area contributed by atoms with E-state index in [0.29, 0.717) is 13.0 Å². The Morgan fingerprint density at radius 2 is 2.22 bits per heavy atom. The van der Waals surface area contributed by atoms with Gasteiger partial charge in [0.2, 0.25) is 5.91 Å². The molecule has 0 aliphatic heterocycles. The molecule has 0 heterocycles. The molecule has 1 amide bonds. The van der Waals surface area contributed by atoms with Gasteiger partial charge in [-0.1, -0.05) is 6.92 Å². The Morgan fingerprint density at radius 3 is 2.56 bits per heavy atom. The van der Waals surface area contributed by atoms with Crippen LogP contribution in [0.2, 0.25) is 0 Å². The summed E-state index contributed by atoms with van der Waals surface area (Å²) in [5.41, 5.74) is 0. The molecule has 0 unspecified atom stereocenters. The van der Waals surface area contributed by atoms with Crippen molar-refractivity contribution in [2.24, 2.45) is 0 Å². The predicted molar refractivity (Wildman–Crippen MR) is 33.3 cm³/mol. The first-order valence-corrected chi connectivity index (χ1v) is 2.87. The quantitative estimate of drug-likeness (QED) is 0.673. The Hall–Kier alpha value is 0.574. The third-order valence-electron chi connectivity index (χ3n) is 0.799. The molecule has 0 aromatic rings. The van der Waals surface area contributed by atoms with E-state index in [9.17, 15) is 4.79 Å². The average Bonchev–Trinajstić information content (AvgIpc) is 1.68. The summed E-state index contributed by atoms with van der Waals surface area (Å²) >= 11 is 0. The Bertz CT molecular complexity index is 67.5. The van der Waals surface area contributed by atoms with E-state index in [-0.39, 0.29) is 38.6 Å². The van der Waals surface area contributed by atoms with E-state index in [1.54, 1.807) is 0 Å². The summed E-state index contributed by atoms with van der Waals surface area (Å²) < 4.78 is 0. The van der Waals surface area contributed by atoms with Crippen molar-refractivity contribution in [3.05, 3.63) is 6.92 Å². The number of hydrogen-bond acceptors (Lipinski definition) is 1. The van der Waals surface area contributed by atoms with Crippen LogP contribution in [-0.4, -0.2) is 12.5 Å².